The van der Waals surface area contributed by atoms with E-state index in [1.807, 2.05) is 13.1 Å². The van der Waals surface area contributed by atoms with Gasteiger partial charge in [0.05, 0.1) is 5.69 Å². The zero-order valence-corrected chi connectivity index (χ0v) is 11.6. The van der Waals surface area contributed by atoms with E-state index in [2.05, 4.69) is 15.6 Å². The molecule has 102 valence electrons. The first kappa shape index (κ1) is 12.6. The molecule has 0 radical (unpaired) electrons. The minimum Gasteiger partial charge on any atom is -0.330 e. The highest BCUT2D eigenvalue weighted by atomic mass is 15.1. The van der Waals surface area contributed by atoms with Gasteiger partial charge in [0.2, 0.25) is 0 Å². The maximum atomic E-state index is 5.64. The summed E-state index contributed by atoms with van der Waals surface area (Å²) in [5.41, 5.74) is 9.14. The Labute approximate surface area is 114 Å². The summed E-state index contributed by atoms with van der Waals surface area (Å²) < 4.78 is 2.13. The summed E-state index contributed by atoms with van der Waals surface area (Å²) in [6, 6.07) is 0. The Morgan fingerprint density at radius 1 is 1.32 bits per heavy atom. The van der Waals surface area contributed by atoms with Gasteiger partial charge in [0.25, 0.3) is 0 Å². The van der Waals surface area contributed by atoms with Crippen LogP contribution >= 0.6 is 0 Å². The summed E-state index contributed by atoms with van der Waals surface area (Å²) in [7, 11) is 0. The molecule has 1 aliphatic carbocycles. The molecular formula is C15H22N4. The van der Waals surface area contributed by atoms with E-state index in [0.717, 1.165) is 23.6 Å². The topological polar surface area (TPSA) is 56.2 Å². The van der Waals surface area contributed by atoms with Gasteiger partial charge >= 0.3 is 0 Å². The highest BCUT2D eigenvalue weighted by molar-refractivity contribution is 5.50. The molecule has 1 fully saturated rings. The molecule has 2 heterocycles. The molecule has 3 rings (SSSR count). The molecule has 0 unspecified atom stereocenters. The number of fused-ring (bicyclic) bond motifs is 1. The average molecular weight is 258 g/mol. The van der Waals surface area contributed by atoms with E-state index < -0.39 is 0 Å². The molecule has 2 N–H and O–H groups in total. The third-order valence-electron chi connectivity index (χ3n) is 4.20. The summed E-state index contributed by atoms with van der Waals surface area (Å²) in [4.78, 5) is 9.33. The monoisotopic (exact) mass is 258 g/mol. The molecule has 1 saturated carbocycles. The summed E-state index contributed by atoms with van der Waals surface area (Å²) in [5, 5.41) is 0. The van der Waals surface area contributed by atoms with E-state index in [1.165, 1.54) is 37.7 Å². The van der Waals surface area contributed by atoms with Gasteiger partial charge in [-0.1, -0.05) is 19.3 Å². The number of nitrogens with zero attached hydrogens (tertiary/aromatic N) is 3. The lowest BCUT2D eigenvalue weighted by Crippen LogP contribution is -2.08. The molecule has 4 heteroatoms. The fourth-order valence-electron chi connectivity index (χ4n) is 3.13. The molecule has 0 bridgehead atoms. The largest absolute Gasteiger partial charge is 0.330 e. The molecule has 2 aromatic rings. The van der Waals surface area contributed by atoms with Gasteiger partial charge in [-0.3, -0.25) is 4.40 Å². The van der Waals surface area contributed by atoms with Crippen molar-refractivity contribution in [3.8, 4) is 0 Å². The standard InChI is InChI=1S/C15H22N4/c1-11-17-9-14(12-5-3-2-4-6-12)15-18-13(7-8-16)10-19(11)15/h9-10,12H,2-8,16H2,1H3. The summed E-state index contributed by atoms with van der Waals surface area (Å²) >= 11 is 0. The molecular weight excluding hydrogens is 236 g/mol. The highest BCUT2D eigenvalue weighted by Gasteiger charge is 2.20. The van der Waals surface area contributed by atoms with E-state index in [0.29, 0.717) is 12.5 Å². The van der Waals surface area contributed by atoms with Gasteiger partial charge in [0.15, 0.2) is 0 Å². The first-order chi connectivity index (χ1) is 9.29. The van der Waals surface area contributed by atoms with Crippen LogP contribution in [0.4, 0.5) is 0 Å². The maximum Gasteiger partial charge on any atom is 0.143 e. The second-order valence-electron chi connectivity index (χ2n) is 5.56. The third kappa shape index (κ3) is 2.37. The molecule has 4 nitrogen and oxygen atoms in total. The van der Waals surface area contributed by atoms with E-state index in [9.17, 15) is 0 Å². The van der Waals surface area contributed by atoms with Crippen molar-refractivity contribution in [2.45, 2.75) is 51.4 Å². The first-order valence-corrected chi connectivity index (χ1v) is 7.33. The van der Waals surface area contributed by atoms with Crippen LogP contribution in [0.5, 0.6) is 0 Å². The van der Waals surface area contributed by atoms with Crippen molar-refractivity contribution >= 4 is 5.65 Å². The fraction of sp³-hybridized carbons (Fsp3) is 0.600. The Morgan fingerprint density at radius 2 is 2.11 bits per heavy atom. The molecule has 0 amide bonds. The molecule has 0 aromatic carbocycles. The molecule has 0 aliphatic heterocycles. The van der Waals surface area contributed by atoms with Crippen LogP contribution in [0.15, 0.2) is 12.4 Å². The second-order valence-corrected chi connectivity index (χ2v) is 5.56. The molecule has 0 saturated heterocycles. The van der Waals surface area contributed by atoms with Crippen molar-refractivity contribution in [3.05, 3.63) is 29.5 Å². The van der Waals surface area contributed by atoms with E-state index in [-0.39, 0.29) is 0 Å². The predicted molar refractivity (Wildman–Crippen MR) is 76.3 cm³/mol. The van der Waals surface area contributed by atoms with Crippen molar-refractivity contribution in [1.82, 2.24) is 14.4 Å². The zero-order valence-electron chi connectivity index (χ0n) is 11.6. The van der Waals surface area contributed by atoms with Crippen molar-refractivity contribution < 1.29 is 0 Å². The molecule has 19 heavy (non-hydrogen) atoms. The van der Waals surface area contributed by atoms with Crippen LogP contribution in [-0.2, 0) is 6.42 Å². The molecule has 1 aliphatic rings. The summed E-state index contributed by atoms with van der Waals surface area (Å²) in [6.45, 7) is 2.68. The van der Waals surface area contributed by atoms with Gasteiger partial charge in [-0.2, -0.15) is 0 Å². The molecule has 0 atom stereocenters. The lowest BCUT2D eigenvalue weighted by molar-refractivity contribution is 0.443. The fourth-order valence-corrected chi connectivity index (χ4v) is 3.13. The van der Waals surface area contributed by atoms with Gasteiger partial charge in [-0.15, -0.1) is 0 Å². The van der Waals surface area contributed by atoms with Gasteiger partial charge < -0.3 is 5.73 Å². The zero-order chi connectivity index (χ0) is 13.2. The number of aryl methyl sites for hydroxylation is 1. The SMILES string of the molecule is Cc1ncc(C2CCCCC2)c2nc(CCN)cn12. The van der Waals surface area contributed by atoms with Crippen molar-refractivity contribution in [2.75, 3.05) is 6.54 Å². The number of rotatable bonds is 3. The normalized spacial score (nSPS) is 17.2. The lowest BCUT2D eigenvalue weighted by atomic mass is 9.85. The van der Waals surface area contributed by atoms with Crippen molar-refractivity contribution in [2.24, 2.45) is 5.73 Å². The average Bonchev–Trinajstić information content (AvgIpc) is 2.85. The quantitative estimate of drug-likeness (QED) is 0.920. The minimum absolute atomic E-state index is 0.637. The molecule has 0 spiro atoms. The second kappa shape index (κ2) is 5.29. The van der Waals surface area contributed by atoms with Crippen LogP contribution in [0.25, 0.3) is 5.65 Å². The van der Waals surface area contributed by atoms with Gasteiger partial charge in [0.1, 0.15) is 11.5 Å². The number of nitrogens with two attached hydrogens (primary N) is 1. The van der Waals surface area contributed by atoms with Crippen LogP contribution in [0, 0.1) is 6.92 Å². The van der Waals surface area contributed by atoms with Gasteiger partial charge in [0, 0.05) is 24.4 Å². The van der Waals surface area contributed by atoms with Crippen molar-refractivity contribution in [1.29, 1.82) is 0 Å². The van der Waals surface area contributed by atoms with Crippen LogP contribution < -0.4 is 5.73 Å². The van der Waals surface area contributed by atoms with E-state index >= 15 is 0 Å². The predicted octanol–water partition coefficient (Wildman–Crippen LogP) is 2.59. The Bertz CT molecular complexity index is 567. The smallest absolute Gasteiger partial charge is 0.143 e. The summed E-state index contributed by atoms with van der Waals surface area (Å²) in [5.74, 6) is 1.64. The lowest BCUT2D eigenvalue weighted by Gasteiger charge is -2.22. The van der Waals surface area contributed by atoms with Gasteiger partial charge in [-0.05, 0) is 32.2 Å². The molecule has 2 aromatic heterocycles. The Hall–Kier alpha value is -1.42. The van der Waals surface area contributed by atoms with E-state index in [1.54, 1.807) is 0 Å². The first-order valence-electron chi connectivity index (χ1n) is 7.33. The number of hydrogen-bond acceptors (Lipinski definition) is 3. The van der Waals surface area contributed by atoms with E-state index in [4.69, 9.17) is 10.7 Å². The van der Waals surface area contributed by atoms with Gasteiger partial charge in [-0.25, -0.2) is 9.97 Å². The number of imidazole rings is 1. The van der Waals surface area contributed by atoms with Crippen LogP contribution in [-0.4, -0.2) is 20.9 Å². The Kier molecular flexibility index (Phi) is 3.51. The maximum absolute atomic E-state index is 5.64. The minimum atomic E-state index is 0.637. The number of hydrogen-bond donors (Lipinski definition) is 1. The highest BCUT2D eigenvalue weighted by Crippen LogP contribution is 2.34. The summed E-state index contributed by atoms with van der Waals surface area (Å²) in [6.07, 6.45) is 11.6. The van der Waals surface area contributed by atoms with Crippen molar-refractivity contribution in [3.63, 3.8) is 0 Å². The third-order valence-corrected chi connectivity index (χ3v) is 4.20. The Morgan fingerprint density at radius 3 is 2.84 bits per heavy atom. The number of aromatic nitrogens is 3. The Balaban J connectivity index is 2.05. The van der Waals surface area contributed by atoms with Crippen LogP contribution in [0.3, 0.4) is 0 Å². The van der Waals surface area contributed by atoms with Crippen LogP contribution in [0.2, 0.25) is 0 Å². The van der Waals surface area contributed by atoms with Crippen LogP contribution in [0.1, 0.15) is 55.1 Å².